The molecule has 2 rings (SSSR count). The minimum Gasteiger partial charge on any atom is -0.497 e. The van der Waals surface area contributed by atoms with Gasteiger partial charge in [0.05, 0.1) is 32.6 Å². The minimum absolute atomic E-state index is 0.200. The van der Waals surface area contributed by atoms with E-state index in [0.29, 0.717) is 19.6 Å². The molecule has 0 saturated carbocycles. The van der Waals surface area contributed by atoms with Crippen molar-refractivity contribution >= 4 is 0 Å². The molecule has 0 bridgehead atoms. The molecule has 0 radical (unpaired) electrons. The maximum atomic E-state index is 10.2. The molecule has 0 saturated heterocycles. The summed E-state index contributed by atoms with van der Waals surface area (Å²) in [5.41, 5.74) is 1.10. The number of aliphatic hydroxyl groups is 1. The lowest BCUT2D eigenvalue weighted by Gasteiger charge is -2.24. The van der Waals surface area contributed by atoms with Gasteiger partial charge in [-0.15, -0.1) is 6.42 Å². The van der Waals surface area contributed by atoms with Gasteiger partial charge in [0.1, 0.15) is 18.1 Å². The molecule has 2 aromatic rings. The zero-order valence-electron chi connectivity index (χ0n) is 13.9. The van der Waals surface area contributed by atoms with E-state index < -0.39 is 6.10 Å². The number of methoxy groups -OCH3 is 1. The van der Waals surface area contributed by atoms with Crippen LogP contribution in [0.2, 0.25) is 0 Å². The van der Waals surface area contributed by atoms with Crippen molar-refractivity contribution < 1.29 is 19.0 Å². The SMILES string of the molecule is C#CCOCC(O)CN(Cc1cccc(OC)c1)Cc1ccco1. The van der Waals surface area contributed by atoms with Crippen LogP contribution >= 0.6 is 0 Å². The van der Waals surface area contributed by atoms with Crippen molar-refractivity contribution in [3.8, 4) is 18.1 Å². The highest BCUT2D eigenvalue weighted by Gasteiger charge is 2.14. The van der Waals surface area contributed by atoms with Crippen LogP contribution in [-0.2, 0) is 17.8 Å². The zero-order chi connectivity index (χ0) is 17.2. The molecule has 0 aliphatic rings. The predicted molar refractivity (Wildman–Crippen MR) is 91.5 cm³/mol. The third-order valence-electron chi connectivity index (χ3n) is 3.46. The first-order valence-corrected chi connectivity index (χ1v) is 7.78. The van der Waals surface area contributed by atoms with Gasteiger partial charge < -0.3 is 19.0 Å². The second-order valence-electron chi connectivity index (χ2n) is 5.47. The lowest BCUT2D eigenvalue weighted by molar-refractivity contribution is 0.0230. The highest BCUT2D eigenvalue weighted by molar-refractivity contribution is 5.28. The first-order valence-electron chi connectivity index (χ1n) is 7.78. The van der Waals surface area contributed by atoms with Crippen LogP contribution in [0.25, 0.3) is 0 Å². The van der Waals surface area contributed by atoms with Crippen LogP contribution in [0.5, 0.6) is 5.75 Å². The minimum atomic E-state index is -0.626. The van der Waals surface area contributed by atoms with Crippen molar-refractivity contribution in [3.05, 3.63) is 54.0 Å². The van der Waals surface area contributed by atoms with Gasteiger partial charge in [-0.3, -0.25) is 4.90 Å². The summed E-state index contributed by atoms with van der Waals surface area (Å²) in [4.78, 5) is 2.09. The molecule has 5 heteroatoms. The lowest BCUT2D eigenvalue weighted by atomic mass is 10.2. The van der Waals surface area contributed by atoms with Gasteiger partial charge >= 0.3 is 0 Å². The molecule has 128 valence electrons. The van der Waals surface area contributed by atoms with E-state index in [4.69, 9.17) is 20.3 Å². The van der Waals surface area contributed by atoms with E-state index in [2.05, 4.69) is 10.8 Å². The van der Waals surface area contributed by atoms with Crippen molar-refractivity contribution in [1.82, 2.24) is 4.90 Å². The monoisotopic (exact) mass is 329 g/mol. The van der Waals surface area contributed by atoms with Crippen molar-refractivity contribution in [2.24, 2.45) is 0 Å². The van der Waals surface area contributed by atoms with Crippen molar-refractivity contribution in [1.29, 1.82) is 0 Å². The summed E-state index contributed by atoms with van der Waals surface area (Å²) < 4.78 is 15.9. The summed E-state index contributed by atoms with van der Waals surface area (Å²) in [6.07, 6.45) is 6.16. The molecule has 0 amide bonds. The molecular formula is C19H23NO4. The number of nitrogens with zero attached hydrogens (tertiary/aromatic N) is 1. The molecule has 1 heterocycles. The average molecular weight is 329 g/mol. The third-order valence-corrected chi connectivity index (χ3v) is 3.46. The van der Waals surface area contributed by atoms with Crippen molar-refractivity contribution in [3.63, 3.8) is 0 Å². The topological polar surface area (TPSA) is 55.1 Å². The summed E-state index contributed by atoms with van der Waals surface area (Å²) in [6.45, 7) is 2.10. The van der Waals surface area contributed by atoms with E-state index in [1.807, 2.05) is 36.4 Å². The van der Waals surface area contributed by atoms with Crippen LogP contribution < -0.4 is 4.74 Å². The third kappa shape index (κ3) is 6.09. The molecule has 1 atom stereocenters. The Morgan fingerprint density at radius 1 is 1.29 bits per heavy atom. The largest absolute Gasteiger partial charge is 0.497 e. The quantitative estimate of drug-likeness (QED) is 0.535. The fourth-order valence-electron chi connectivity index (χ4n) is 2.44. The Morgan fingerprint density at radius 3 is 2.88 bits per heavy atom. The van der Waals surface area contributed by atoms with Crippen LogP contribution in [0, 0.1) is 12.3 Å². The molecule has 0 spiro atoms. The van der Waals surface area contributed by atoms with Crippen molar-refractivity contribution in [2.45, 2.75) is 19.2 Å². The summed E-state index contributed by atoms with van der Waals surface area (Å²) in [5.74, 6) is 4.04. The Labute approximate surface area is 142 Å². The van der Waals surface area contributed by atoms with Crippen molar-refractivity contribution in [2.75, 3.05) is 26.9 Å². The van der Waals surface area contributed by atoms with E-state index in [0.717, 1.165) is 17.1 Å². The average Bonchev–Trinajstić information content (AvgIpc) is 3.08. The molecule has 1 unspecified atom stereocenters. The first-order chi connectivity index (χ1) is 11.7. The lowest BCUT2D eigenvalue weighted by Crippen LogP contribution is -2.34. The number of hydrogen-bond donors (Lipinski definition) is 1. The van der Waals surface area contributed by atoms with Crippen LogP contribution in [-0.4, -0.2) is 43.0 Å². The normalized spacial score (nSPS) is 12.1. The molecule has 5 nitrogen and oxygen atoms in total. The number of furan rings is 1. The van der Waals surface area contributed by atoms with Gasteiger partial charge in [0.15, 0.2) is 0 Å². The Balaban J connectivity index is 2.00. The molecule has 0 aliphatic heterocycles. The zero-order valence-corrected chi connectivity index (χ0v) is 13.9. The predicted octanol–water partition coefficient (Wildman–Crippen LogP) is 2.30. The fraction of sp³-hybridized carbons (Fsp3) is 0.368. The summed E-state index contributed by atoms with van der Waals surface area (Å²) in [6, 6.07) is 11.6. The van der Waals surface area contributed by atoms with Gasteiger partial charge in [-0.05, 0) is 29.8 Å². The first kappa shape index (κ1) is 18.1. The molecule has 1 aromatic heterocycles. The van der Waals surface area contributed by atoms with Gasteiger partial charge in [-0.25, -0.2) is 0 Å². The molecular weight excluding hydrogens is 306 g/mol. The fourth-order valence-corrected chi connectivity index (χ4v) is 2.44. The molecule has 24 heavy (non-hydrogen) atoms. The van der Waals surface area contributed by atoms with E-state index in [1.54, 1.807) is 13.4 Å². The number of benzene rings is 1. The van der Waals surface area contributed by atoms with Gasteiger partial charge in [0.2, 0.25) is 0 Å². The van der Waals surface area contributed by atoms with Crippen LogP contribution in [0.4, 0.5) is 0 Å². The highest BCUT2D eigenvalue weighted by atomic mass is 16.5. The number of terminal acetylenes is 1. The number of hydrogen-bond acceptors (Lipinski definition) is 5. The standard InChI is InChI=1S/C19H23NO4/c1-3-9-23-15-17(21)13-20(14-19-8-5-10-24-19)12-16-6-4-7-18(11-16)22-2/h1,4-8,10-11,17,21H,9,12-15H2,2H3. The van der Waals surface area contributed by atoms with E-state index in [9.17, 15) is 5.11 Å². The summed E-state index contributed by atoms with van der Waals surface area (Å²) in [5, 5.41) is 10.2. The smallest absolute Gasteiger partial charge is 0.119 e. The maximum absolute atomic E-state index is 10.2. The van der Waals surface area contributed by atoms with E-state index >= 15 is 0 Å². The molecule has 0 aliphatic carbocycles. The summed E-state index contributed by atoms with van der Waals surface area (Å²) >= 11 is 0. The Morgan fingerprint density at radius 2 is 2.17 bits per heavy atom. The van der Waals surface area contributed by atoms with Gasteiger partial charge in [-0.1, -0.05) is 18.1 Å². The Bertz CT molecular complexity index is 633. The van der Waals surface area contributed by atoms with Crippen LogP contribution in [0.1, 0.15) is 11.3 Å². The van der Waals surface area contributed by atoms with E-state index in [1.165, 1.54) is 0 Å². The Hall–Kier alpha value is -2.26. The number of ether oxygens (including phenoxy) is 2. The number of aliphatic hydroxyl groups excluding tert-OH is 1. The van der Waals surface area contributed by atoms with Crippen LogP contribution in [0.15, 0.2) is 47.1 Å². The van der Waals surface area contributed by atoms with Gasteiger partial charge in [0, 0.05) is 13.1 Å². The highest BCUT2D eigenvalue weighted by Crippen LogP contribution is 2.16. The second-order valence-corrected chi connectivity index (χ2v) is 5.47. The van der Waals surface area contributed by atoms with Gasteiger partial charge in [-0.2, -0.15) is 0 Å². The Kier molecular flexibility index (Phi) is 7.37. The van der Waals surface area contributed by atoms with Gasteiger partial charge in [0.25, 0.3) is 0 Å². The molecule has 0 fully saturated rings. The van der Waals surface area contributed by atoms with E-state index in [-0.39, 0.29) is 13.2 Å². The van der Waals surface area contributed by atoms with Crippen LogP contribution in [0.3, 0.4) is 0 Å². The summed E-state index contributed by atoms with van der Waals surface area (Å²) in [7, 11) is 1.65. The molecule has 1 N–H and O–H groups in total. The number of rotatable bonds is 10. The molecule has 1 aromatic carbocycles. The second kappa shape index (κ2) is 9.78. The maximum Gasteiger partial charge on any atom is 0.119 e.